The second kappa shape index (κ2) is 5.24. The maximum atomic E-state index is 12.3. The van der Waals surface area contributed by atoms with Crippen molar-refractivity contribution in [2.24, 2.45) is 16.3 Å². The third-order valence-electron chi connectivity index (χ3n) is 3.25. The van der Waals surface area contributed by atoms with Crippen molar-refractivity contribution in [1.82, 2.24) is 9.80 Å². The summed E-state index contributed by atoms with van der Waals surface area (Å²) in [5.41, 5.74) is 4.66. The second-order valence-electron chi connectivity index (χ2n) is 4.67. The molecule has 7 nitrogen and oxygen atoms in total. The molecule has 0 radical (unpaired) electrons. The van der Waals surface area contributed by atoms with Gasteiger partial charge in [0.1, 0.15) is 5.41 Å². The molecular weight excluding hydrogens is 236 g/mol. The lowest BCUT2D eigenvalue weighted by Crippen LogP contribution is -2.47. The Morgan fingerprint density at radius 2 is 1.94 bits per heavy atom. The van der Waals surface area contributed by atoms with Crippen LogP contribution in [0.2, 0.25) is 0 Å². The van der Waals surface area contributed by atoms with E-state index in [1.165, 1.54) is 9.80 Å². The van der Waals surface area contributed by atoms with Crippen LogP contribution in [0.25, 0.3) is 0 Å². The van der Waals surface area contributed by atoms with Crippen molar-refractivity contribution >= 4 is 17.6 Å². The molecule has 0 aromatic heterocycles. The van der Waals surface area contributed by atoms with Crippen LogP contribution in [0.1, 0.15) is 19.8 Å². The molecule has 1 fully saturated rings. The summed E-state index contributed by atoms with van der Waals surface area (Å²) < 4.78 is 0. The van der Waals surface area contributed by atoms with Gasteiger partial charge in [-0.2, -0.15) is 0 Å². The van der Waals surface area contributed by atoms with E-state index in [4.69, 9.17) is 10.9 Å². The van der Waals surface area contributed by atoms with Crippen LogP contribution in [-0.2, 0) is 9.59 Å². The fourth-order valence-corrected chi connectivity index (χ4v) is 1.73. The number of carbonyl (C=O) groups excluding carboxylic acids is 2. The Morgan fingerprint density at radius 3 is 2.28 bits per heavy atom. The predicted octanol–water partition coefficient (Wildman–Crippen LogP) is -0.550. The van der Waals surface area contributed by atoms with Crippen LogP contribution >= 0.6 is 0 Å². The smallest absolute Gasteiger partial charge is 0.241 e. The van der Waals surface area contributed by atoms with Crippen LogP contribution in [0, 0.1) is 5.41 Å². The average Bonchev–Trinajstić information content (AvgIpc) is 3.14. The van der Waals surface area contributed by atoms with Crippen LogP contribution in [0.3, 0.4) is 0 Å². The number of amides is 2. The van der Waals surface area contributed by atoms with Crippen molar-refractivity contribution in [2.75, 3.05) is 27.2 Å². The van der Waals surface area contributed by atoms with Crippen LogP contribution in [0.4, 0.5) is 0 Å². The van der Waals surface area contributed by atoms with Gasteiger partial charge in [-0.05, 0) is 19.8 Å². The number of likely N-dealkylation sites (N-methyl/N-ethyl adjacent to an activating group) is 2. The standard InChI is InChI=1S/C11H20N4O3/c1-4-15(7-8(16)14(2)3)10(17)11(5-6-11)9(12)13-18/h18H,4-7H2,1-3H3,(H2,12,13). The van der Waals surface area contributed by atoms with Gasteiger partial charge in [-0.1, -0.05) is 5.16 Å². The quantitative estimate of drug-likeness (QED) is 0.298. The third-order valence-corrected chi connectivity index (χ3v) is 3.25. The molecule has 7 heteroatoms. The molecule has 1 rings (SSSR count). The lowest BCUT2D eigenvalue weighted by atomic mass is 10.0. The van der Waals surface area contributed by atoms with E-state index in [-0.39, 0.29) is 24.2 Å². The van der Waals surface area contributed by atoms with E-state index in [0.717, 1.165) is 0 Å². The SMILES string of the molecule is CCN(CC(=O)N(C)C)C(=O)C1(C(N)=NO)CC1. The molecule has 1 saturated carbocycles. The summed E-state index contributed by atoms with van der Waals surface area (Å²) in [7, 11) is 3.27. The van der Waals surface area contributed by atoms with Gasteiger partial charge in [0.05, 0.1) is 6.54 Å². The largest absolute Gasteiger partial charge is 0.409 e. The molecule has 0 aromatic rings. The predicted molar refractivity (Wildman–Crippen MR) is 66.0 cm³/mol. The minimum Gasteiger partial charge on any atom is -0.409 e. The minimum absolute atomic E-state index is 0.0167. The molecule has 0 saturated heterocycles. The molecule has 0 unspecified atom stereocenters. The second-order valence-corrected chi connectivity index (χ2v) is 4.67. The molecule has 102 valence electrons. The molecule has 0 heterocycles. The number of hydrogen-bond acceptors (Lipinski definition) is 4. The van der Waals surface area contributed by atoms with Gasteiger partial charge in [0, 0.05) is 20.6 Å². The first-order chi connectivity index (χ1) is 8.39. The molecule has 1 aliphatic rings. The van der Waals surface area contributed by atoms with Crippen molar-refractivity contribution < 1.29 is 14.8 Å². The molecule has 0 atom stereocenters. The van der Waals surface area contributed by atoms with Crippen LogP contribution in [-0.4, -0.2) is 59.8 Å². The number of carbonyl (C=O) groups is 2. The highest BCUT2D eigenvalue weighted by Crippen LogP contribution is 2.47. The monoisotopic (exact) mass is 256 g/mol. The molecule has 1 aliphatic carbocycles. The summed E-state index contributed by atoms with van der Waals surface area (Å²) in [4.78, 5) is 26.8. The topological polar surface area (TPSA) is 99.2 Å². The van der Waals surface area contributed by atoms with Gasteiger partial charge in [0.15, 0.2) is 5.84 Å². The third kappa shape index (κ3) is 2.55. The van der Waals surface area contributed by atoms with Gasteiger partial charge in [-0.3, -0.25) is 9.59 Å². The number of nitrogens with two attached hydrogens (primary N) is 1. The lowest BCUT2D eigenvalue weighted by molar-refractivity contribution is -0.141. The highest BCUT2D eigenvalue weighted by molar-refractivity contribution is 6.10. The molecule has 18 heavy (non-hydrogen) atoms. The maximum Gasteiger partial charge on any atom is 0.241 e. The zero-order chi connectivity index (χ0) is 13.9. The van der Waals surface area contributed by atoms with Gasteiger partial charge in [-0.25, -0.2) is 0 Å². The van der Waals surface area contributed by atoms with Crippen molar-refractivity contribution in [1.29, 1.82) is 0 Å². The first kappa shape index (κ1) is 14.3. The lowest BCUT2D eigenvalue weighted by Gasteiger charge is -2.26. The Hall–Kier alpha value is -1.79. The van der Waals surface area contributed by atoms with Crippen molar-refractivity contribution in [2.45, 2.75) is 19.8 Å². The van der Waals surface area contributed by atoms with E-state index >= 15 is 0 Å². The van der Waals surface area contributed by atoms with Gasteiger partial charge < -0.3 is 20.7 Å². The summed E-state index contributed by atoms with van der Waals surface area (Å²) in [6.07, 6.45) is 1.13. The van der Waals surface area contributed by atoms with Crippen LogP contribution in [0.15, 0.2) is 5.16 Å². The maximum absolute atomic E-state index is 12.3. The minimum atomic E-state index is -0.892. The van der Waals surface area contributed by atoms with Crippen LogP contribution < -0.4 is 5.73 Å². The van der Waals surface area contributed by atoms with E-state index < -0.39 is 5.41 Å². The molecule has 0 spiro atoms. The molecule has 0 aromatic carbocycles. The van der Waals surface area contributed by atoms with Crippen molar-refractivity contribution in [3.05, 3.63) is 0 Å². The Balaban J connectivity index is 2.78. The van der Waals surface area contributed by atoms with E-state index in [1.54, 1.807) is 21.0 Å². The van der Waals surface area contributed by atoms with E-state index in [2.05, 4.69) is 5.16 Å². The van der Waals surface area contributed by atoms with Crippen LogP contribution in [0.5, 0.6) is 0 Å². The summed E-state index contributed by atoms with van der Waals surface area (Å²) in [5.74, 6) is -0.459. The number of amidine groups is 1. The van der Waals surface area contributed by atoms with Gasteiger partial charge in [0.2, 0.25) is 11.8 Å². The Kier molecular flexibility index (Phi) is 4.15. The van der Waals surface area contributed by atoms with E-state index in [0.29, 0.717) is 19.4 Å². The number of rotatable bonds is 5. The summed E-state index contributed by atoms with van der Waals surface area (Å²) in [6, 6.07) is 0. The highest BCUT2D eigenvalue weighted by Gasteiger charge is 2.55. The zero-order valence-electron chi connectivity index (χ0n) is 11.0. The summed E-state index contributed by atoms with van der Waals surface area (Å²) in [6.45, 7) is 2.23. The molecule has 3 N–H and O–H groups in total. The number of oxime groups is 1. The molecular formula is C11H20N4O3. The van der Waals surface area contributed by atoms with Gasteiger partial charge in [-0.15, -0.1) is 0 Å². The first-order valence-electron chi connectivity index (χ1n) is 5.86. The van der Waals surface area contributed by atoms with Crippen molar-refractivity contribution in [3.8, 4) is 0 Å². The number of hydrogen-bond donors (Lipinski definition) is 2. The zero-order valence-corrected chi connectivity index (χ0v) is 11.0. The number of nitrogens with zero attached hydrogens (tertiary/aromatic N) is 3. The normalized spacial score (nSPS) is 17.2. The Bertz CT molecular complexity index is 374. The summed E-state index contributed by atoms with van der Waals surface area (Å²) >= 11 is 0. The van der Waals surface area contributed by atoms with E-state index in [1.807, 2.05) is 0 Å². The van der Waals surface area contributed by atoms with Gasteiger partial charge in [0.25, 0.3) is 0 Å². The molecule has 2 amide bonds. The summed E-state index contributed by atoms with van der Waals surface area (Å²) in [5, 5.41) is 11.6. The van der Waals surface area contributed by atoms with E-state index in [9.17, 15) is 9.59 Å². The fraction of sp³-hybridized carbons (Fsp3) is 0.727. The Labute approximate surface area is 106 Å². The first-order valence-corrected chi connectivity index (χ1v) is 5.86. The Morgan fingerprint density at radius 1 is 1.39 bits per heavy atom. The highest BCUT2D eigenvalue weighted by atomic mass is 16.4. The fourth-order valence-electron chi connectivity index (χ4n) is 1.73. The van der Waals surface area contributed by atoms with Gasteiger partial charge >= 0.3 is 0 Å². The molecule has 0 bridgehead atoms. The average molecular weight is 256 g/mol. The van der Waals surface area contributed by atoms with Crippen molar-refractivity contribution in [3.63, 3.8) is 0 Å². The molecule has 0 aliphatic heterocycles.